The maximum atomic E-state index is 5.63. The van der Waals surface area contributed by atoms with Crippen molar-refractivity contribution < 1.29 is 4.74 Å². The number of nitrogens with one attached hydrogen (secondary N) is 1. The van der Waals surface area contributed by atoms with Crippen molar-refractivity contribution in [2.75, 3.05) is 13.2 Å². The quantitative estimate of drug-likeness (QED) is 0.666. The minimum atomic E-state index is 0.567. The Morgan fingerprint density at radius 1 is 1.18 bits per heavy atom. The summed E-state index contributed by atoms with van der Waals surface area (Å²) < 4.78 is 5.63. The summed E-state index contributed by atoms with van der Waals surface area (Å²) in [7, 11) is 0. The lowest BCUT2D eigenvalue weighted by Gasteiger charge is -2.37. The zero-order valence-electron chi connectivity index (χ0n) is 12.2. The molecule has 1 saturated carbocycles. The topological polar surface area (TPSA) is 21.3 Å². The Morgan fingerprint density at radius 2 is 1.88 bits per heavy atom. The van der Waals surface area contributed by atoms with Crippen molar-refractivity contribution in [1.29, 1.82) is 0 Å². The number of rotatable bonds is 9. The molecule has 17 heavy (non-hydrogen) atoms. The Bertz CT molecular complexity index is 187. The highest BCUT2D eigenvalue weighted by Gasteiger charge is 2.31. The molecule has 0 bridgehead atoms. The monoisotopic (exact) mass is 241 g/mol. The van der Waals surface area contributed by atoms with Crippen LogP contribution in [0.25, 0.3) is 0 Å². The molecule has 0 aromatic rings. The number of ether oxygens (including phenoxy) is 1. The maximum absolute atomic E-state index is 5.63. The van der Waals surface area contributed by atoms with Crippen molar-refractivity contribution in [2.24, 2.45) is 11.8 Å². The van der Waals surface area contributed by atoms with Crippen LogP contribution in [0.3, 0.4) is 0 Å². The molecule has 0 spiro atoms. The van der Waals surface area contributed by atoms with Gasteiger partial charge in [0.25, 0.3) is 0 Å². The van der Waals surface area contributed by atoms with E-state index in [1.54, 1.807) is 0 Å². The molecule has 2 heteroatoms. The average molecular weight is 241 g/mol. The molecule has 0 radical (unpaired) electrons. The van der Waals surface area contributed by atoms with Gasteiger partial charge in [-0.25, -0.2) is 0 Å². The molecule has 1 unspecified atom stereocenters. The van der Waals surface area contributed by atoms with Gasteiger partial charge in [0.15, 0.2) is 0 Å². The molecule has 0 amide bonds. The van der Waals surface area contributed by atoms with Gasteiger partial charge in [-0.15, -0.1) is 0 Å². The van der Waals surface area contributed by atoms with E-state index >= 15 is 0 Å². The summed E-state index contributed by atoms with van der Waals surface area (Å²) in [5.74, 6) is 1.73. The number of hydrogen-bond donors (Lipinski definition) is 1. The molecule has 102 valence electrons. The Hall–Kier alpha value is -0.0800. The van der Waals surface area contributed by atoms with E-state index < -0.39 is 0 Å². The molecule has 0 heterocycles. The highest BCUT2D eigenvalue weighted by molar-refractivity contribution is 4.84. The van der Waals surface area contributed by atoms with Crippen LogP contribution in [0.2, 0.25) is 0 Å². The van der Waals surface area contributed by atoms with Crippen LogP contribution in [0, 0.1) is 11.8 Å². The van der Waals surface area contributed by atoms with Gasteiger partial charge in [0, 0.05) is 12.6 Å². The zero-order valence-corrected chi connectivity index (χ0v) is 12.2. The summed E-state index contributed by atoms with van der Waals surface area (Å²) >= 11 is 0. The second-order valence-electron chi connectivity index (χ2n) is 5.88. The lowest BCUT2D eigenvalue weighted by atomic mass is 9.77. The van der Waals surface area contributed by atoms with Gasteiger partial charge in [0.2, 0.25) is 0 Å². The van der Waals surface area contributed by atoms with Crippen molar-refractivity contribution in [3.8, 4) is 0 Å². The van der Waals surface area contributed by atoms with E-state index in [1.165, 1.54) is 32.1 Å². The Labute approximate surface area is 108 Å². The Morgan fingerprint density at radius 3 is 2.41 bits per heavy atom. The minimum Gasteiger partial charge on any atom is -0.378 e. The normalized spacial score (nSPS) is 25.9. The van der Waals surface area contributed by atoms with Crippen LogP contribution in [-0.2, 0) is 4.74 Å². The highest BCUT2D eigenvalue weighted by Crippen LogP contribution is 2.34. The van der Waals surface area contributed by atoms with E-state index in [9.17, 15) is 0 Å². The molecule has 1 rings (SSSR count). The van der Waals surface area contributed by atoms with Crippen LogP contribution < -0.4 is 5.32 Å². The van der Waals surface area contributed by atoms with Gasteiger partial charge in [-0.1, -0.05) is 20.8 Å². The average Bonchev–Trinajstić information content (AvgIpc) is 2.23. The zero-order chi connectivity index (χ0) is 12.7. The summed E-state index contributed by atoms with van der Waals surface area (Å²) in [5.41, 5.74) is 0. The van der Waals surface area contributed by atoms with E-state index in [-0.39, 0.29) is 0 Å². The van der Waals surface area contributed by atoms with E-state index in [0.29, 0.717) is 6.10 Å². The van der Waals surface area contributed by atoms with E-state index in [0.717, 1.165) is 31.0 Å². The van der Waals surface area contributed by atoms with Crippen LogP contribution in [0.15, 0.2) is 0 Å². The van der Waals surface area contributed by atoms with Crippen molar-refractivity contribution in [3.63, 3.8) is 0 Å². The van der Waals surface area contributed by atoms with Gasteiger partial charge < -0.3 is 10.1 Å². The van der Waals surface area contributed by atoms with Gasteiger partial charge in [-0.3, -0.25) is 0 Å². The summed E-state index contributed by atoms with van der Waals surface area (Å²) in [6, 6.07) is 0.731. The van der Waals surface area contributed by atoms with E-state index in [4.69, 9.17) is 4.74 Å². The van der Waals surface area contributed by atoms with Crippen molar-refractivity contribution in [3.05, 3.63) is 0 Å². The molecular formula is C15H31NO. The van der Waals surface area contributed by atoms with Crippen LogP contribution in [0.1, 0.15) is 59.8 Å². The van der Waals surface area contributed by atoms with Crippen molar-refractivity contribution >= 4 is 0 Å². The second kappa shape index (κ2) is 8.10. The predicted octanol–water partition coefficient (Wildman–Crippen LogP) is 3.61. The third-order valence-corrected chi connectivity index (χ3v) is 3.80. The lowest BCUT2D eigenvalue weighted by molar-refractivity contribution is -0.0293. The molecule has 1 aliphatic carbocycles. The summed E-state index contributed by atoms with van der Waals surface area (Å²) in [5, 5.41) is 3.64. The number of hydrogen-bond acceptors (Lipinski definition) is 2. The SMILES string of the molecule is CCNC(CCC(C)C)CC1CC(OCC)C1. The molecule has 0 aromatic heterocycles. The molecular weight excluding hydrogens is 210 g/mol. The van der Waals surface area contributed by atoms with Gasteiger partial charge in [0.1, 0.15) is 0 Å². The fraction of sp³-hybridized carbons (Fsp3) is 1.00. The molecule has 0 aromatic carbocycles. The van der Waals surface area contributed by atoms with E-state index in [2.05, 4.69) is 33.0 Å². The van der Waals surface area contributed by atoms with E-state index in [1.807, 2.05) is 0 Å². The van der Waals surface area contributed by atoms with Crippen LogP contribution >= 0.6 is 0 Å². The first-order valence-electron chi connectivity index (χ1n) is 7.50. The first-order valence-corrected chi connectivity index (χ1v) is 7.50. The first-order chi connectivity index (χ1) is 8.15. The molecule has 1 fully saturated rings. The standard InChI is InChI=1S/C15H31NO/c1-5-16-14(8-7-12(3)4)9-13-10-15(11-13)17-6-2/h12-16H,5-11H2,1-4H3. The van der Waals surface area contributed by atoms with Gasteiger partial charge in [-0.2, -0.15) is 0 Å². The molecule has 1 atom stereocenters. The van der Waals surface area contributed by atoms with Crippen LogP contribution in [-0.4, -0.2) is 25.3 Å². The third kappa shape index (κ3) is 5.87. The Balaban J connectivity index is 2.16. The van der Waals surface area contributed by atoms with Gasteiger partial charge >= 0.3 is 0 Å². The molecule has 1 aliphatic rings. The summed E-state index contributed by atoms with van der Waals surface area (Å²) in [4.78, 5) is 0. The maximum Gasteiger partial charge on any atom is 0.0580 e. The fourth-order valence-electron chi connectivity index (χ4n) is 2.77. The predicted molar refractivity (Wildman–Crippen MR) is 74.3 cm³/mol. The smallest absolute Gasteiger partial charge is 0.0580 e. The molecule has 0 saturated heterocycles. The van der Waals surface area contributed by atoms with Crippen LogP contribution in [0.4, 0.5) is 0 Å². The summed E-state index contributed by atoms with van der Waals surface area (Å²) in [6.45, 7) is 10.9. The van der Waals surface area contributed by atoms with Crippen molar-refractivity contribution in [2.45, 2.75) is 71.9 Å². The minimum absolute atomic E-state index is 0.567. The van der Waals surface area contributed by atoms with Gasteiger partial charge in [-0.05, 0) is 57.4 Å². The second-order valence-corrected chi connectivity index (χ2v) is 5.88. The first kappa shape index (κ1) is 15.0. The Kier molecular flexibility index (Phi) is 7.14. The molecule has 0 aliphatic heterocycles. The van der Waals surface area contributed by atoms with Crippen molar-refractivity contribution in [1.82, 2.24) is 5.32 Å². The third-order valence-electron chi connectivity index (χ3n) is 3.80. The van der Waals surface area contributed by atoms with Gasteiger partial charge in [0.05, 0.1) is 6.10 Å². The molecule has 1 N–H and O–H groups in total. The summed E-state index contributed by atoms with van der Waals surface area (Å²) in [6.07, 6.45) is 7.18. The largest absolute Gasteiger partial charge is 0.378 e. The fourth-order valence-corrected chi connectivity index (χ4v) is 2.77. The highest BCUT2D eigenvalue weighted by atomic mass is 16.5. The lowest BCUT2D eigenvalue weighted by Crippen LogP contribution is -2.38. The van der Waals surface area contributed by atoms with Crippen LogP contribution in [0.5, 0.6) is 0 Å². The molecule has 2 nitrogen and oxygen atoms in total.